The fourth-order valence-corrected chi connectivity index (χ4v) is 8.15. The Morgan fingerprint density at radius 3 is 2.23 bits per heavy atom. The number of aliphatic hydroxyl groups is 5. The summed E-state index contributed by atoms with van der Waals surface area (Å²) in [6.45, 7) is 7.24. The Balaban J connectivity index is 1.71. The predicted molar refractivity (Wildman–Crippen MR) is 92.0 cm³/mol. The van der Waals surface area contributed by atoms with Crippen molar-refractivity contribution in [2.24, 2.45) is 28.6 Å². The summed E-state index contributed by atoms with van der Waals surface area (Å²) in [7, 11) is 0. The molecule has 6 heteroatoms. The summed E-state index contributed by atoms with van der Waals surface area (Å²) in [6, 6.07) is 0. The molecule has 1 aliphatic heterocycles. The van der Waals surface area contributed by atoms with E-state index >= 15 is 0 Å². The van der Waals surface area contributed by atoms with Crippen molar-refractivity contribution < 1.29 is 30.3 Å². The van der Waals surface area contributed by atoms with Crippen LogP contribution >= 0.6 is 0 Å². The van der Waals surface area contributed by atoms with E-state index in [-0.39, 0.29) is 24.0 Å². The fourth-order valence-electron chi connectivity index (χ4n) is 8.15. The van der Waals surface area contributed by atoms with Crippen LogP contribution in [0.4, 0.5) is 0 Å². The summed E-state index contributed by atoms with van der Waals surface area (Å²) in [5.74, 6) is -0.921. The predicted octanol–water partition coefficient (Wildman–Crippen LogP) is 0.185. The summed E-state index contributed by atoms with van der Waals surface area (Å²) < 4.78 is 5.81. The Morgan fingerprint density at radius 2 is 1.58 bits per heavy atom. The maximum atomic E-state index is 11.8. The lowest BCUT2D eigenvalue weighted by atomic mass is 9.58. The minimum atomic E-state index is -1.64. The first-order chi connectivity index (χ1) is 11.8. The molecule has 0 aromatic rings. The van der Waals surface area contributed by atoms with E-state index in [9.17, 15) is 25.5 Å². The first kappa shape index (κ1) is 17.8. The minimum Gasteiger partial charge on any atom is -0.390 e. The zero-order valence-electron chi connectivity index (χ0n) is 16.0. The van der Waals surface area contributed by atoms with Gasteiger partial charge in [0.25, 0.3) is 0 Å². The maximum absolute atomic E-state index is 11.8. The average Bonchev–Trinajstić information content (AvgIpc) is 3.24. The van der Waals surface area contributed by atoms with Gasteiger partial charge in [-0.3, -0.25) is 0 Å². The second-order valence-electron chi connectivity index (χ2n) is 11.0. The van der Waals surface area contributed by atoms with Crippen molar-refractivity contribution in [3.63, 3.8) is 0 Å². The summed E-state index contributed by atoms with van der Waals surface area (Å²) in [5, 5.41) is 57.1. The number of rotatable bonds is 0. The Labute approximate surface area is 154 Å². The Hall–Kier alpha value is -0.240. The van der Waals surface area contributed by atoms with Crippen LogP contribution in [0.3, 0.4) is 0 Å². The molecule has 4 aliphatic carbocycles. The average molecular weight is 368 g/mol. The Kier molecular flexibility index (Phi) is 3.08. The molecule has 0 radical (unpaired) electrons. The third-order valence-corrected chi connectivity index (χ3v) is 9.44. The van der Waals surface area contributed by atoms with E-state index < -0.39 is 45.8 Å². The van der Waals surface area contributed by atoms with Gasteiger partial charge < -0.3 is 30.3 Å². The smallest absolute Gasteiger partial charge is 0.110 e. The highest BCUT2D eigenvalue weighted by Gasteiger charge is 2.83. The second kappa shape index (κ2) is 4.50. The molecule has 5 rings (SSSR count). The highest BCUT2D eigenvalue weighted by Crippen LogP contribution is 2.72. The van der Waals surface area contributed by atoms with Crippen LogP contribution in [0.15, 0.2) is 0 Å². The van der Waals surface area contributed by atoms with E-state index in [1.54, 1.807) is 13.8 Å². The normalized spacial score (nSPS) is 68.0. The van der Waals surface area contributed by atoms with Gasteiger partial charge >= 0.3 is 0 Å². The molecular formula is C20H32O6. The van der Waals surface area contributed by atoms with Gasteiger partial charge in [-0.05, 0) is 51.4 Å². The van der Waals surface area contributed by atoms with Crippen LogP contribution < -0.4 is 0 Å². The SMILES string of the molecule is CC1(C)[C@H]2O[C@H]2[C@@H]2[C@](C)(O)[C@@H]3CCC4CC3(C[C@@]4(C)O)C(O)[C@H](O)[C@@]21O. The number of epoxide rings is 1. The number of fused-ring (bicyclic) bond motifs is 4. The summed E-state index contributed by atoms with van der Waals surface area (Å²) in [6.07, 6.45) is -0.752. The van der Waals surface area contributed by atoms with Gasteiger partial charge in [-0.25, -0.2) is 0 Å². The van der Waals surface area contributed by atoms with Gasteiger partial charge in [0.2, 0.25) is 0 Å². The van der Waals surface area contributed by atoms with Gasteiger partial charge in [0.15, 0.2) is 0 Å². The first-order valence-electron chi connectivity index (χ1n) is 10.0. The quantitative estimate of drug-likeness (QED) is 0.390. The number of ether oxygens (including phenoxy) is 1. The highest BCUT2D eigenvalue weighted by atomic mass is 16.6. The molecule has 5 N–H and O–H groups in total. The van der Waals surface area contributed by atoms with Crippen molar-refractivity contribution in [3.05, 3.63) is 0 Å². The molecule has 0 amide bonds. The zero-order valence-corrected chi connectivity index (χ0v) is 16.0. The second-order valence-corrected chi connectivity index (χ2v) is 11.0. The van der Waals surface area contributed by atoms with Crippen LogP contribution in [0.2, 0.25) is 0 Å². The van der Waals surface area contributed by atoms with Crippen molar-refractivity contribution in [1.29, 1.82) is 0 Å². The van der Waals surface area contributed by atoms with E-state index in [2.05, 4.69) is 0 Å². The lowest BCUT2D eigenvalue weighted by Crippen LogP contribution is -2.64. The third kappa shape index (κ3) is 1.64. The van der Waals surface area contributed by atoms with Gasteiger partial charge in [-0.1, -0.05) is 13.8 Å². The van der Waals surface area contributed by atoms with Crippen LogP contribution in [-0.4, -0.2) is 66.8 Å². The van der Waals surface area contributed by atoms with E-state index in [1.165, 1.54) is 0 Å². The first-order valence-corrected chi connectivity index (χ1v) is 10.0. The van der Waals surface area contributed by atoms with E-state index in [0.29, 0.717) is 19.3 Å². The van der Waals surface area contributed by atoms with Gasteiger partial charge in [0, 0.05) is 16.7 Å². The molecule has 2 bridgehead atoms. The molecule has 5 aliphatic rings. The summed E-state index contributed by atoms with van der Waals surface area (Å²) in [4.78, 5) is 0. The molecule has 1 saturated heterocycles. The van der Waals surface area contributed by atoms with Crippen molar-refractivity contribution in [2.75, 3.05) is 0 Å². The topological polar surface area (TPSA) is 114 Å². The number of aliphatic hydroxyl groups excluding tert-OH is 2. The molecule has 0 aromatic heterocycles. The lowest BCUT2D eigenvalue weighted by Gasteiger charge is -2.50. The zero-order chi connectivity index (χ0) is 19.1. The van der Waals surface area contributed by atoms with Crippen molar-refractivity contribution in [3.8, 4) is 0 Å². The fraction of sp³-hybridized carbons (Fsp3) is 1.00. The van der Waals surface area contributed by atoms with Crippen LogP contribution in [0.5, 0.6) is 0 Å². The molecule has 4 saturated carbocycles. The number of hydrogen-bond donors (Lipinski definition) is 5. The largest absolute Gasteiger partial charge is 0.390 e. The van der Waals surface area contributed by atoms with Crippen molar-refractivity contribution in [2.45, 2.75) is 94.6 Å². The Bertz CT molecular complexity index is 659. The van der Waals surface area contributed by atoms with E-state index in [1.807, 2.05) is 13.8 Å². The van der Waals surface area contributed by atoms with Gasteiger partial charge in [-0.15, -0.1) is 0 Å². The molecular weight excluding hydrogens is 336 g/mol. The van der Waals surface area contributed by atoms with Crippen LogP contribution in [0.1, 0.15) is 53.4 Å². The highest BCUT2D eigenvalue weighted by molar-refractivity contribution is 5.32. The van der Waals surface area contributed by atoms with Crippen molar-refractivity contribution in [1.82, 2.24) is 0 Å². The lowest BCUT2D eigenvalue weighted by molar-refractivity contribution is -0.232. The Morgan fingerprint density at radius 1 is 0.923 bits per heavy atom. The van der Waals surface area contributed by atoms with E-state index in [0.717, 1.165) is 6.42 Å². The van der Waals surface area contributed by atoms with Crippen LogP contribution in [-0.2, 0) is 4.74 Å². The number of hydrogen-bond acceptors (Lipinski definition) is 6. The third-order valence-electron chi connectivity index (χ3n) is 9.44. The van der Waals surface area contributed by atoms with Crippen LogP contribution in [0, 0.1) is 28.6 Å². The molecule has 1 heterocycles. The maximum Gasteiger partial charge on any atom is 0.110 e. The molecule has 3 unspecified atom stereocenters. The monoisotopic (exact) mass is 368 g/mol. The summed E-state index contributed by atoms with van der Waals surface area (Å²) in [5.41, 5.74) is -5.44. The molecule has 6 nitrogen and oxygen atoms in total. The van der Waals surface area contributed by atoms with Gasteiger partial charge in [0.05, 0.1) is 29.5 Å². The molecule has 5 fully saturated rings. The molecule has 148 valence electrons. The molecule has 0 aromatic carbocycles. The van der Waals surface area contributed by atoms with Crippen LogP contribution in [0.25, 0.3) is 0 Å². The van der Waals surface area contributed by atoms with Gasteiger partial charge in [0.1, 0.15) is 11.7 Å². The van der Waals surface area contributed by atoms with E-state index in [4.69, 9.17) is 4.74 Å². The van der Waals surface area contributed by atoms with Crippen molar-refractivity contribution >= 4 is 0 Å². The molecule has 11 atom stereocenters. The van der Waals surface area contributed by atoms with Gasteiger partial charge in [-0.2, -0.15) is 0 Å². The molecule has 1 spiro atoms. The summed E-state index contributed by atoms with van der Waals surface area (Å²) >= 11 is 0. The standard InChI is InChI=1S/C20H32O6/c1-16(2)15-11(26-15)12-18(4,24)10-6-5-9-7-19(10,8-17(9,3)23)13(21)14(22)20(12,16)25/h9-15,21-25H,5-8H2,1-4H3/t9?,10-,11-,12+,13?,14-,15-,17+,18+,19?,20-/m0/s1. The molecule has 26 heavy (non-hydrogen) atoms. The minimum absolute atomic E-state index is 0.0434.